The molecule has 6 nitrogen and oxygen atoms in total. The Balaban J connectivity index is 1.63. The van der Waals surface area contributed by atoms with Gasteiger partial charge in [0.15, 0.2) is 0 Å². The Bertz CT molecular complexity index is 939. The van der Waals surface area contributed by atoms with Gasteiger partial charge < -0.3 is 15.1 Å². The maximum Gasteiger partial charge on any atom is 0.286 e. The number of rotatable bonds is 5. The van der Waals surface area contributed by atoms with Crippen molar-refractivity contribution in [1.82, 2.24) is 4.90 Å². The Labute approximate surface area is 174 Å². The van der Waals surface area contributed by atoms with Crippen molar-refractivity contribution >= 4 is 46.3 Å². The number of carbonyl (C=O) groups is 3. The molecule has 2 aromatic rings. The molecule has 0 spiro atoms. The molecule has 150 valence electrons. The first-order valence-corrected chi connectivity index (χ1v) is 10.1. The fourth-order valence-electron chi connectivity index (χ4n) is 2.88. The van der Waals surface area contributed by atoms with E-state index in [1.807, 2.05) is 36.4 Å². The van der Waals surface area contributed by atoms with Gasteiger partial charge in [-0.05, 0) is 54.1 Å². The highest BCUT2D eigenvalue weighted by atomic mass is 32.2. The molecule has 7 heteroatoms. The van der Waals surface area contributed by atoms with Gasteiger partial charge in [0.2, 0.25) is 11.8 Å². The van der Waals surface area contributed by atoms with Gasteiger partial charge in [-0.3, -0.25) is 14.4 Å². The van der Waals surface area contributed by atoms with E-state index in [1.54, 1.807) is 37.2 Å². The number of hydrogen-bond donors (Lipinski definition) is 1. The molecule has 1 saturated heterocycles. The third kappa shape index (κ3) is 5.48. The quantitative estimate of drug-likeness (QED) is 0.592. The van der Waals surface area contributed by atoms with Crippen LogP contribution < -0.4 is 10.2 Å². The third-order valence-electron chi connectivity index (χ3n) is 4.41. The summed E-state index contributed by atoms with van der Waals surface area (Å²) in [5, 5.41) is 2.70. The summed E-state index contributed by atoms with van der Waals surface area (Å²) in [6, 6.07) is 14.7. The largest absolute Gasteiger partial charge is 0.339 e. The first kappa shape index (κ1) is 20.7. The van der Waals surface area contributed by atoms with E-state index in [0.717, 1.165) is 36.0 Å². The molecule has 0 radical (unpaired) electrons. The molecule has 3 amide bonds. The number of hydrogen-bond acceptors (Lipinski definition) is 4. The molecule has 29 heavy (non-hydrogen) atoms. The Morgan fingerprint density at radius 1 is 1.10 bits per heavy atom. The molecule has 1 heterocycles. The van der Waals surface area contributed by atoms with E-state index in [4.69, 9.17) is 0 Å². The second kappa shape index (κ2) is 9.43. The molecular weight excluding hydrogens is 386 g/mol. The van der Waals surface area contributed by atoms with Crippen molar-refractivity contribution in [3.05, 3.63) is 60.2 Å². The number of anilines is 2. The lowest BCUT2D eigenvalue weighted by Crippen LogP contribution is -2.23. The fraction of sp³-hybridized carbons (Fsp3) is 0.227. The van der Waals surface area contributed by atoms with Crippen molar-refractivity contribution in [1.29, 1.82) is 0 Å². The van der Waals surface area contributed by atoms with Crippen molar-refractivity contribution in [3.63, 3.8) is 0 Å². The Morgan fingerprint density at radius 2 is 1.83 bits per heavy atom. The number of para-hydroxylation sites is 1. The summed E-state index contributed by atoms with van der Waals surface area (Å²) in [6.07, 6.45) is 4.65. The zero-order chi connectivity index (χ0) is 20.8. The minimum atomic E-state index is -0.283. The Hall–Kier alpha value is -3.06. The molecule has 0 unspecified atom stereocenters. The van der Waals surface area contributed by atoms with Gasteiger partial charge in [-0.2, -0.15) is 0 Å². The predicted octanol–water partition coefficient (Wildman–Crippen LogP) is 4.24. The molecule has 1 aliphatic rings. The summed E-state index contributed by atoms with van der Waals surface area (Å²) in [7, 11) is 3.37. The van der Waals surface area contributed by atoms with Crippen molar-refractivity contribution < 1.29 is 14.4 Å². The van der Waals surface area contributed by atoms with Crippen LogP contribution in [0.2, 0.25) is 0 Å². The number of benzene rings is 2. The highest BCUT2D eigenvalue weighted by molar-refractivity contribution is 8.13. The normalized spacial score (nSPS) is 13.7. The average Bonchev–Trinajstić information content (AvgIpc) is 3.14. The van der Waals surface area contributed by atoms with Crippen molar-refractivity contribution in [3.8, 4) is 0 Å². The molecule has 1 fully saturated rings. The molecule has 3 rings (SSSR count). The number of thioether (sulfide) groups is 1. The molecular formula is C22H23N3O3S. The van der Waals surface area contributed by atoms with E-state index in [1.165, 1.54) is 11.0 Å². The molecule has 1 aliphatic heterocycles. The van der Waals surface area contributed by atoms with Gasteiger partial charge in [0, 0.05) is 43.7 Å². The van der Waals surface area contributed by atoms with Gasteiger partial charge in [-0.25, -0.2) is 0 Å². The zero-order valence-corrected chi connectivity index (χ0v) is 17.2. The molecule has 2 aromatic carbocycles. The van der Waals surface area contributed by atoms with E-state index >= 15 is 0 Å². The standard InChI is InChI=1S/C22H23N3O3S/c1-24(2)22(28)29-19-7-4-3-6-18(19)23-20(26)14-11-16-9-12-17(13-10-16)25-15-5-8-21(25)27/h3-4,6-7,9-14H,5,8,15H2,1-2H3,(H,23,26)/b14-11+. The Kier molecular flexibility index (Phi) is 6.72. The first-order valence-electron chi connectivity index (χ1n) is 9.32. The lowest BCUT2D eigenvalue weighted by Gasteiger charge is -2.15. The van der Waals surface area contributed by atoms with Gasteiger partial charge in [0.25, 0.3) is 5.24 Å². The smallest absolute Gasteiger partial charge is 0.286 e. The topological polar surface area (TPSA) is 69.7 Å². The minimum absolute atomic E-state index is 0.112. The number of carbonyl (C=O) groups excluding carboxylic acids is 3. The van der Waals surface area contributed by atoms with Crippen molar-refractivity contribution in [2.24, 2.45) is 0 Å². The summed E-state index contributed by atoms with van der Waals surface area (Å²) >= 11 is 1.06. The second-order valence-electron chi connectivity index (χ2n) is 6.82. The van der Waals surface area contributed by atoms with Gasteiger partial charge in [-0.15, -0.1) is 0 Å². The summed E-state index contributed by atoms with van der Waals surface area (Å²) in [5.74, 6) is -0.133. The van der Waals surface area contributed by atoms with Crippen molar-refractivity contribution in [2.45, 2.75) is 17.7 Å². The molecule has 0 aliphatic carbocycles. The predicted molar refractivity (Wildman–Crippen MR) is 117 cm³/mol. The maximum absolute atomic E-state index is 12.3. The van der Waals surface area contributed by atoms with E-state index in [-0.39, 0.29) is 17.1 Å². The summed E-state index contributed by atoms with van der Waals surface area (Å²) in [5.41, 5.74) is 2.33. The van der Waals surface area contributed by atoms with Crippen LogP contribution in [0.25, 0.3) is 6.08 Å². The van der Waals surface area contributed by atoms with Crippen LogP contribution in [0.1, 0.15) is 18.4 Å². The van der Waals surface area contributed by atoms with Crippen LogP contribution in [0.4, 0.5) is 16.2 Å². The monoisotopic (exact) mass is 409 g/mol. The van der Waals surface area contributed by atoms with Crippen LogP contribution in [0.3, 0.4) is 0 Å². The Morgan fingerprint density at radius 3 is 2.48 bits per heavy atom. The third-order valence-corrected chi connectivity index (χ3v) is 5.53. The van der Waals surface area contributed by atoms with Gasteiger partial charge >= 0.3 is 0 Å². The van der Waals surface area contributed by atoms with E-state index in [9.17, 15) is 14.4 Å². The maximum atomic E-state index is 12.3. The molecule has 0 saturated carbocycles. The minimum Gasteiger partial charge on any atom is -0.339 e. The lowest BCUT2D eigenvalue weighted by molar-refractivity contribution is -0.117. The summed E-state index contributed by atoms with van der Waals surface area (Å²) in [4.78, 5) is 40.0. The van der Waals surface area contributed by atoms with Gasteiger partial charge in [0.05, 0.1) is 5.69 Å². The van der Waals surface area contributed by atoms with E-state index in [0.29, 0.717) is 17.0 Å². The van der Waals surface area contributed by atoms with Crippen LogP contribution in [-0.4, -0.2) is 42.6 Å². The van der Waals surface area contributed by atoms with Crippen LogP contribution in [0.15, 0.2) is 59.5 Å². The number of nitrogens with zero attached hydrogens (tertiary/aromatic N) is 2. The molecule has 0 atom stereocenters. The van der Waals surface area contributed by atoms with Crippen LogP contribution in [-0.2, 0) is 9.59 Å². The van der Waals surface area contributed by atoms with Crippen molar-refractivity contribution in [2.75, 3.05) is 30.9 Å². The summed E-state index contributed by atoms with van der Waals surface area (Å²) in [6.45, 7) is 0.754. The number of amides is 3. The first-order chi connectivity index (χ1) is 13.9. The van der Waals surface area contributed by atoms with Crippen LogP contribution >= 0.6 is 11.8 Å². The average molecular weight is 410 g/mol. The highest BCUT2D eigenvalue weighted by Gasteiger charge is 2.21. The van der Waals surface area contributed by atoms with Crippen LogP contribution in [0.5, 0.6) is 0 Å². The fourth-order valence-corrected chi connectivity index (χ4v) is 3.62. The zero-order valence-electron chi connectivity index (χ0n) is 16.4. The van der Waals surface area contributed by atoms with Gasteiger partial charge in [0.1, 0.15) is 0 Å². The lowest BCUT2D eigenvalue weighted by atomic mass is 10.2. The molecule has 1 N–H and O–H groups in total. The SMILES string of the molecule is CN(C)C(=O)Sc1ccccc1NC(=O)/C=C/c1ccc(N2CCCC2=O)cc1. The second-order valence-corrected chi connectivity index (χ2v) is 7.81. The van der Waals surface area contributed by atoms with Crippen LogP contribution in [0, 0.1) is 0 Å². The number of nitrogens with one attached hydrogen (secondary N) is 1. The summed E-state index contributed by atoms with van der Waals surface area (Å²) < 4.78 is 0. The molecule has 0 bridgehead atoms. The highest BCUT2D eigenvalue weighted by Crippen LogP contribution is 2.28. The molecule has 0 aromatic heterocycles. The van der Waals surface area contributed by atoms with E-state index < -0.39 is 0 Å². The van der Waals surface area contributed by atoms with Gasteiger partial charge in [-0.1, -0.05) is 24.3 Å². The van der Waals surface area contributed by atoms with E-state index in [2.05, 4.69) is 5.32 Å².